The molecule has 2 aromatic carbocycles. The van der Waals surface area contributed by atoms with Gasteiger partial charge in [0.15, 0.2) is 5.65 Å². The minimum atomic E-state index is -0.0462. The van der Waals surface area contributed by atoms with Crippen molar-refractivity contribution in [1.82, 2.24) is 29.9 Å². The SMILES string of the molecule is CC1(Nc2nc(-c3ccncc3)c(-c3ccc4ccccc4c3)c3nncn23)CCNCC1. The van der Waals surface area contributed by atoms with Crippen molar-refractivity contribution >= 4 is 22.4 Å². The Bertz CT molecular complexity index is 1440. The van der Waals surface area contributed by atoms with Gasteiger partial charge in [-0.3, -0.25) is 9.38 Å². The number of aromatic nitrogens is 5. The fraction of sp³-hybridized carbons (Fsp3) is 0.231. The van der Waals surface area contributed by atoms with E-state index >= 15 is 0 Å². The highest BCUT2D eigenvalue weighted by Gasteiger charge is 2.29. The van der Waals surface area contributed by atoms with Gasteiger partial charge >= 0.3 is 0 Å². The highest BCUT2D eigenvalue weighted by Crippen LogP contribution is 2.37. The number of fused-ring (bicyclic) bond motifs is 2. The molecule has 0 saturated carbocycles. The molecule has 4 heterocycles. The first kappa shape index (κ1) is 19.8. The third kappa shape index (κ3) is 3.60. The fourth-order valence-corrected chi connectivity index (χ4v) is 4.67. The summed E-state index contributed by atoms with van der Waals surface area (Å²) >= 11 is 0. The summed E-state index contributed by atoms with van der Waals surface area (Å²) in [7, 11) is 0. The Hall–Kier alpha value is -3.84. The van der Waals surface area contributed by atoms with Crippen LogP contribution in [0.4, 0.5) is 5.95 Å². The lowest BCUT2D eigenvalue weighted by Gasteiger charge is -2.35. The van der Waals surface area contributed by atoms with Gasteiger partial charge in [-0.25, -0.2) is 4.98 Å². The molecule has 1 fully saturated rings. The molecular weight excluding hydrogens is 410 g/mol. The van der Waals surface area contributed by atoms with Gasteiger partial charge in [-0.15, -0.1) is 10.2 Å². The maximum Gasteiger partial charge on any atom is 0.211 e. The molecule has 3 aromatic heterocycles. The number of benzene rings is 2. The van der Waals surface area contributed by atoms with Crippen LogP contribution >= 0.6 is 0 Å². The maximum absolute atomic E-state index is 5.16. The van der Waals surface area contributed by atoms with Gasteiger partial charge in [0.25, 0.3) is 0 Å². The Kier molecular flexibility index (Phi) is 4.77. The number of hydrogen-bond donors (Lipinski definition) is 2. The molecular formula is C26H25N7. The van der Waals surface area contributed by atoms with E-state index in [1.54, 1.807) is 18.7 Å². The van der Waals surface area contributed by atoms with Crippen LogP contribution in [0.5, 0.6) is 0 Å². The molecule has 1 aliphatic heterocycles. The minimum absolute atomic E-state index is 0.0462. The molecule has 1 aliphatic rings. The monoisotopic (exact) mass is 435 g/mol. The molecule has 0 unspecified atom stereocenters. The second-order valence-electron chi connectivity index (χ2n) is 8.92. The van der Waals surface area contributed by atoms with Crippen molar-refractivity contribution < 1.29 is 0 Å². The van der Waals surface area contributed by atoms with E-state index < -0.39 is 0 Å². The van der Waals surface area contributed by atoms with Crippen molar-refractivity contribution in [1.29, 1.82) is 0 Å². The average Bonchev–Trinajstić information content (AvgIpc) is 3.35. The first-order valence-corrected chi connectivity index (χ1v) is 11.3. The summed E-state index contributed by atoms with van der Waals surface area (Å²) in [5.74, 6) is 0.760. The number of rotatable bonds is 4. The van der Waals surface area contributed by atoms with E-state index in [1.165, 1.54) is 10.8 Å². The van der Waals surface area contributed by atoms with E-state index in [1.807, 2.05) is 16.5 Å². The van der Waals surface area contributed by atoms with Crippen molar-refractivity contribution in [3.8, 4) is 22.4 Å². The van der Waals surface area contributed by atoms with Crippen molar-refractivity contribution in [2.45, 2.75) is 25.3 Å². The number of piperidine rings is 1. The van der Waals surface area contributed by atoms with Gasteiger partial charge in [0.05, 0.1) is 11.3 Å². The molecule has 0 atom stereocenters. The third-order valence-corrected chi connectivity index (χ3v) is 6.57. The van der Waals surface area contributed by atoms with Crippen LogP contribution in [0.25, 0.3) is 38.8 Å². The maximum atomic E-state index is 5.16. The summed E-state index contributed by atoms with van der Waals surface area (Å²) in [6.45, 7) is 4.23. The number of hydrogen-bond acceptors (Lipinski definition) is 6. The molecule has 0 spiro atoms. The Morgan fingerprint density at radius 2 is 1.73 bits per heavy atom. The van der Waals surface area contributed by atoms with Gasteiger partial charge in [0.2, 0.25) is 5.95 Å². The molecule has 0 aliphatic carbocycles. The highest BCUT2D eigenvalue weighted by molar-refractivity contribution is 5.95. The van der Waals surface area contributed by atoms with E-state index in [-0.39, 0.29) is 5.54 Å². The summed E-state index contributed by atoms with van der Waals surface area (Å²) in [6.07, 6.45) is 7.40. The molecule has 164 valence electrons. The van der Waals surface area contributed by atoms with E-state index in [4.69, 9.17) is 4.98 Å². The van der Waals surface area contributed by atoms with Crippen molar-refractivity contribution in [3.05, 3.63) is 73.3 Å². The Morgan fingerprint density at radius 1 is 0.939 bits per heavy atom. The van der Waals surface area contributed by atoms with Gasteiger partial charge in [-0.1, -0.05) is 36.4 Å². The molecule has 0 bridgehead atoms. The molecule has 0 amide bonds. The number of nitrogens with zero attached hydrogens (tertiary/aromatic N) is 5. The van der Waals surface area contributed by atoms with E-state index in [2.05, 4.69) is 75.2 Å². The van der Waals surface area contributed by atoms with Crippen LogP contribution in [0.3, 0.4) is 0 Å². The standard InChI is InChI=1S/C26H25N7/c1-26(10-14-28-15-11-26)31-25-30-23(19-8-12-27-13-9-19)22(24-32-29-17-33(24)25)21-7-6-18-4-2-3-5-20(18)16-21/h2-9,12-13,16-17,28H,10-11,14-15H2,1H3,(H,30,31). The fourth-order valence-electron chi connectivity index (χ4n) is 4.67. The van der Waals surface area contributed by atoms with E-state index in [0.717, 1.165) is 59.9 Å². The average molecular weight is 436 g/mol. The summed E-state index contributed by atoms with van der Waals surface area (Å²) in [5.41, 5.74) is 4.63. The van der Waals surface area contributed by atoms with Gasteiger partial charge in [0.1, 0.15) is 6.33 Å². The van der Waals surface area contributed by atoms with Gasteiger partial charge in [0, 0.05) is 23.5 Å². The predicted molar refractivity (Wildman–Crippen MR) is 131 cm³/mol. The first-order chi connectivity index (χ1) is 16.2. The van der Waals surface area contributed by atoms with Crippen LogP contribution in [0.1, 0.15) is 19.8 Å². The summed E-state index contributed by atoms with van der Waals surface area (Å²) < 4.78 is 1.97. The lowest BCUT2D eigenvalue weighted by Crippen LogP contribution is -2.45. The topological polar surface area (TPSA) is 80.0 Å². The normalized spacial score (nSPS) is 15.7. The van der Waals surface area contributed by atoms with Crippen LogP contribution in [-0.2, 0) is 0 Å². The lowest BCUT2D eigenvalue weighted by atomic mass is 9.91. The zero-order valence-electron chi connectivity index (χ0n) is 18.5. The number of pyridine rings is 1. The Balaban J connectivity index is 1.59. The van der Waals surface area contributed by atoms with Crippen LogP contribution in [0.15, 0.2) is 73.3 Å². The highest BCUT2D eigenvalue weighted by atomic mass is 15.3. The number of anilines is 1. The second-order valence-corrected chi connectivity index (χ2v) is 8.92. The zero-order valence-corrected chi connectivity index (χ0v) is 18.5. The van der Waals surface area contributed by atoms with Gasteiger partial charge in [-0.2, -0.15) is 0 Å². The van der Waals surface area contributed by atoms with Gasteiger partial charge < -0.3 is 10.6 Å². The molecule has 1 saturated heterocycles. The number of nitrogens with one attached hydrogen (secondary N) is 2. The quantitative estimate of drug-likeness (QED) is 0.431. The third-order valence-electron chi connectivity index (χ3n) is 6.57. The zero-order chi connectivity index (χ0) is 22.3. The summed E-state index contributed by atoms with van der Waals surface area (Å²) in [4.78, 5) is 9.37. The predicted octanol–water partition coefficient (Wildman–Crippen LogP) is 4.56. The molecule has 5 aromatic rings. The molecule has 0 radical (unpaired) electrons. The molecule has 7 heteroatoms. The smallest absolute Gasteiger partial charge is 0.211 e. The minimum Gasteiger partial charge on any atom is -0.350 e. The molecule has 2 N–H and O–H groups in total. The Labute approximate surface area is 191 Å². The lowest BCUT2D eigenvalue weighted by molar-refractivity contribution is 0.363. The molecule has 6 rings (SSSR count). The first-order valence-electron chi connectivity index (χ1n) is 11.3. The van der Waals surface area contributed by atoms with Crippen molar-refractivity contribution in [3.63, 3.8) is 0 Å². The second kappa shape index (κ2) is 7.94. The molecule has 33 heavy (non-hydrogen) atoms. The van der Waals surface area contributed by atoms with Crippen LogP contribution < -0.4 is 10.6 Å². The largest absolute Gasteiger partial charge is 0.350 e. The van der Waals surface area contributed by atoms with E-state index in [0.29, 0.717) is 0 Å². The van der Waals surface area contributed by atoms with Crippen molar-refractivity contribution in [2.75, 3.05) is 18.4 Å². The van der Waals surface area contributed by atoms with Crippen LogP contribution in [0.2, 0.25) is 0 Å². The van der Waals surface area contributed by atoms with Gasteiger partial charge in [-0.05, 0) is 67.4 Å². The summed E-state index contributed by atoms with van der Waals surface area (Å²) in [6, 6.07) is 18.9. The van der Waals surface area contributed by atoms with Crippen LogP contribution in [0, 0.1) is 0 Å². The molecule has 7 nitrogen and oxygen atoms in total. The van der Waals surface area contributed by atoms with Crippen LogP contribution in [-0.4, -0.2) is 43.2 Å². The summed E-state index contributed by atoms with van der Waals surface area (Å²) in [5, 5.41) is 18.4. The van der Waals surface area contributed by atoms with Crippen molar-refractivity contribution in [2.24, 2.45) is 0 Å². The van der Waals surface area contributed by atoms with E-state index in [9.17, 15) is 0 Å². The Morgan fingerprint density at radius 3 is 2.55 bits per heavy atom.